The topological polar surface area (TPSA) is 25.8 Å². The molecule has 2 nitrogen and oxygen atoms in total. The van der Waals surface area contributed by atoms with Crippen LogP contribution < -0.4 is 0 Å². The van der Waals surface area contributed by atoms with E-state index in [1.165, 1.54) is 5.56 Å². The quantitative estimate of drug-likeness (QED) is 0.428. The summed E-state index contributed by atoms with van der Waals surface area (Å²) >= 11 is 17.2. The van der Waals surface area contributed by atoms with E-state index in [4.69, 9.17) is 23.2 Å². The monoisotopic (exact) mass is 438 g/mol. The summed E-state index contributed by atoms with van der Waals surface area (Å²) in [6, 6.07) is 17.8. The predicted molar refractivity (Wildman–Crippen MR) is 105 cm³/mol. The van der Waals surface area contributed by atoms with Crippen LogP contribution in [0.1, 0.15) is 16.8 Å². The summed E-state index contributed by atoms with van der Waals surface area (Å²) in [5.74, 6) is 0.865. The Morgan fingerprint density at radius 3 is 2.38 bits per heavy atom. The molecule has 0 saturated heterocycles. The number of hydrogen-bond acceptors (Lipinski definition) is 3. The third kappa shape index (κ3) is 4.96. The minimum atomic E-state index is 0.634. The highest BCUT2D eigenvalue weighted by Gasteiger charge is 2.05. The molecule has 0 bridgehead atoms. The summed E-state index contributed by atoms with van der Waals surface area (Å²) in [6.45, 7) is 0. The van der Waals surface area contributed by atoms with E-state index in [0.717, 1.165) is 26.5 Å². The predicted octanol–water partition coefficient (Wildman–Crippen LogP) is 6.43. The lowest BCUT2D eigenvalue weighted by Gasteiger charge is -2.05. The second-order valence-corrected chi connectivity index (χ2v) is 7.95. The summed E-state index contributed by atoms with van der Waals surface area (Å²) in [4.78, 5) is 0. The molecule has 0 aliphatic rings. The molecule has 0 aliphatic heterocycles. The number of halogens is 3. The molecule has 1 heterocycles. The second-order valence-electron chi connectivity index (χ2n) is 5.19. The maximum absolute atomic E-state index is 6.20. The largest absolute Gasteiger partial charge is 0.154 e. The van der Waals surface area contributed by atoms with E-state index in [0.29, 0.717) is 16.5 Å². The Kier molecular flexibility index (Phi) is 6.17. The molecule has 1 aromatic heterocycles. The van der Waals surface area contributed by atoms with E-state index in [1.54, 1.807) is 17.8 Å². The fourth-order valence-electron chi connectivity index (χ4n) is 2.12. The minimum absolute atomic E-state index is 0.634. The Bertz CT molecular complexity index is 823. The number of nitrogens with zero attached hydrogens (tertiary/aromatic N) is 2. The first-order valence-electron chi connectivity index (χ1n) is 7.24. The lowest BCUT2D eigenvalue weighted by atomic mass is 10.1. The first-order chi connectivity index (χ1) is 11.6. The van der Waals surface area contributed by atoms with Gasteiger partial charge in [-0.3, -0.25) is 0 Å². The Morgan fingerprint density at radius 1 is 0.917 bits per heavy atom. The van der Waals surface area contributed by atoms with E-state index >= 15 is 0 Å². The zero-order valence-corrected chi connectivity index (χ0v) is 16.5. The first-order valence-corrected chi connectivity index (χ1v) is 9.77. The van der Waals surface area contributed by atoms with E-state index in [1.807, 2.05) is 36.4 Å². The highest BCUT2D eigenvalue weighted by Crippen LogP contribution is 2.24. The molecule has 0 N–H and O–H groups in total. The van der Waals surface area contributed by atoms with Crippen molar-refractivity contribution in [3.63, 3.8) is 0 Å². The van der Waals surface area contributed by atoms with Gasteiger partial charge in [-0.05, 0) is 47.5 Å². The summed E-state index contributed by atoms with van der Waals surface area (Å²) in [5, 5.41) is 10.8. The molecule has 0 radical (unpaired) electrons. The van der Waals surface area contributed by atoms with Crippen molar-refractivity contribution in [2.45, 2.75) is 17.2 Å². The van der Waals surface area contributed by atoms with Crippen molar-refractivity contribution in [3.8, 4) is 0 Å². The molecule has 3 rings (SSSR count). The maximum Gasteiger partial charge on any atom is 0.119 e. The van der Waals surface area contributed by atoms with Crippen molar-refractivity contribution in [1.29, 1.82) is 0 Å². The SMILES string of the molecule is Clc1ccc(Cc2ccc(SCc3ccc(Br)cc3)nn2)c(Cl)c1. The van der Waals surface area contributed by atoms with Gasteiger partial charge in [-0.15, -0.1) is 5.10 Å². The van der Waals surface area contributed by atoms with Crippen LogP contribution in [-0.2, 0) is 12.2 Å². The smallest absolute Gasteiger partial charge is 0.119 e. The van der Waals surface area contributed by atoms with Crippen LogP contribution >= 0.6 is 50.9 Å². The molecule has 122 valence electrons. The Morgan fingerprint density at radius 2 is 1.71 bits per heavy atom. The van der Waals surface area contributed by atoms with Gasteiger partial charge in [0.1, 0.15) is 5.03 Å². The Labute approximate surface area is 163 Å². The molecule has 0 amide bonds. The highest BCUT2D eigenvalue weighted by atomic mass is 79.9. The molecule has 0 aliphatic carbocycles. The fourth-order valence-corrected chi connectivity index (χ4v) is 3.63. The van der Waals surface area contributed by atoms with Crippen LogP contribution in [0.25, 0.3) is 0 Å². The van der Waals surface area contributed by atoms with E-state index in [9.17, 15) is 0 Å². The molecule has 3 aromatic rings. The fraction of sp³-hybridized carbons (Fsp3) is 0.111. The number of rotatable bonds is 5. The van der Waals surface area contributed by atoms with Crippen LogP contribution in [-0.4, -0.2) is 10.2 Å². The Balaban J connectivity index is 1.61. The van der Waals surface area contributed by atoms with Gasteiger partial charge in [0.2, 0.25) is 0 Å². The second kappa shape index (κ2) is 8.34. The molecule has 0 saturated carbocycles. The van der Waals surface area contributed by atoms with Crippen molar-refractivity contribution in [3.05, 3.63) is 85.9 Å². The number of thioether (sulfide) groups is 1. The van der Waals surface area contributed by atoms with Gasteiger partial charge in [-0.1, -0.05) is 69.1 Å². The van der Waals surface area contributed by atoms with Crippen molar-refractivity contribution >= 4 is 50.9 Å². The van der Waals surface area contributed by atoms with Crippen LogP contribution in [0.2, 0.25) is 10.0 Å². The molecular formula is C18H13BrCl2N2S. The molecule has 2 aromatic carbocycles. The van der Waals surface area contributed by atoms with Crippen LogP contribution in [0.15, 0.2) is 64.1 Å². The van der Waals surface area contributed by atoms with E-state index < -0.39 is 0 Å². The molecule has 6 heteroatoms. The average Bonchev–Trinajstić information content (AvgIpc) is 2.58. The summed E-state index contributed by atoms with van der Waals surface area (Å²) in [5.41, 5.74) is 3.12. The van der Waals surface area contributed by atoms with Gasteiger partial charge in [0.15, 0.2) is 0 Å². The van der Waals surface area contributed by atoms with Gasteiger partial charge in [0, 0.05) is 26.7 Å². The van der Waals surface area contributed by atoms with Gasteiger partial charge in [-0.25, -0.2) is 0 Å². The lowest BCUT2D eigenvalue weighted by molar-refractivity contribution is 0.869. The van der Waals surface area contributed by atoms with Gasteiger partial charge < -0.3 is 0 Å². The summed E-state index contributed by atoms with van der Waals surface area (Å²) < 4.78 is 1.08. The Hall–Kier alpha value is -1.07. The summed E-state index contributed by atoms with van der Waals surface area (Å²) in [6.07, 6.45) is 0.640. The molecule has 0 spiro atoms. The molecule has 0 atom stereocenters. The highest BCUT2D eigenvalue weighted by molar-refractivity contribution is 9.10. The number of hydrogen-bond donors (Lipinski definition) is 0. The van der Waals surface area contributed by atoms with Crippen LogP contribution in [0.3, 0.4) is 0 Å². The van der Waals surface area contributed by atoms with Crippen molar-refractivity contribution < 1.29 is 0 Å². The minimum Gasteiger partial charge on any atom is -0.154 e. The molecule has 0 unspecified atom stereocenters. The van der Waals surface area contributed by atoms with E-state index in [-0.39, 0.29) is 0 Å². The third-order valence-electron chi connectivity index (χ3n) is 3.38. The zero-order chi connectivity index (χ0) is 16.9. The normalized spacial score (nSPS) is 10.8. The van der Waals surface area contributed by atoms with Gasteiger partial charge in [0.25, 0.3) is 0 Å². The molecular weight excluding hydrogens is 427 g/mol. The standard InChI is InChI=1S/C18H13BrCl2N2S/c19-14-4-1-12(2-5-14)11-24-18-8-7-16(22-23-18)9-13-3-6-15(20)10-17(13)21/h1-8,10H,9,11H2. The lowest BCUT2D eigenvalue weighted by Crippen LogP contribution is -1.96. The average molecular weight is 440 g/mol. The molecule has 0 fully saturated rings. The van der Waals surface area contributed by atoms with E-state index in [2.05, 4.69) is 38.3 Å². The van der Waals surface area contributed by atoms with Gasteiger partial charge >= 0.3 is 0 Å². The number of benzene rings is 2. The van der Waals surface area contributed by atoms with Crippen molar-refractivity contribution in [2.75, 3.05) is 0 Å². The van der Waals surface area contributed by atoms with Gasteiger partial charge in [-0.2, -0.15) is 5.10 Å². The zero-order valence-electron chi connectivity index (χ0n) is 12.5. The third-order valence-corrected chi connectivity index (χ3v) is 5.49. The van der Waals surface area contributed by atoms with Crippen LogP contribution in [0, 0.1) is 0 Å². The van der Waals surface area contributed by atoms with Crippen LogP contribution in [0.5, 0.6) is 0 Å². The first kappa shape index (κ1) is 17.7. The van der Waals surface area contributed by atoms with Crippen LogP contribution in [0.4, 0.5) is 0 Å². The number of aromatic nitrogens is 2. The molecule has 24 heavy (non-hydrogen) atoms. The van der Waals surface area contributed by atoms with Gasteiger partial charge in [0.05, 0.1) is 5.69 Å². The summed E-state index contributed by atoms with van der Waals surface area (Å²) in [7, 11) is 0. The van der Waals surface area contributed by atoms with Crippen molar-refractivity contribution in [1.82, 2.24) is 10.2 Å². The maximum atomic E-state index is 6.20. The van der Waals surface area contributed by atoms with Crippen molar-refractivity contribution in [2.24, 2.45) is 0 Å².